The van der Waals surface area contributed by atoms with Crippen LogP contribution < -0.4 is 10.2 Å². The van der Waals surface area contributed by atoms with Crippen LogP contribution >= 0.6 is 12.4 Å². The molecule has 2 heterocycles. The van der Waals surface area contributed by atoms with E-state index >= 15 is 0 Å². The predicted octanol–water partition coefficient (Wildman–Crippen LogP) is 0.799. The Morgan fingerprint density at radius 3 is 2.41 bits per heavy atom. The number of amides is 3. The second-order valence-corrected chi connectivity index (χ2v) is 6.54. The van der Waals surface area contributed by atoms with Gasteiger partial charge < -0.3 is 20.2 Å². The topological polar surface area (TPSA) is 93.2 Å². The minimum atomic E-state index is -0.817. The molecule has 2 aliphatic rings. The first-order valence-corrected chi connectivity index (χ1v) is 8.90. The number of urea groups is 1. The molecule has 0 atom stereocenters. The summed E-state index contributed by atoms with van der Waals surface area (Å²) in [6, 6.07) is 7.41. The largest absolute Gasteiger partial charge is 0.481 e. The number of halogens is 1. The van der Waals surface area contributed by atoms with Gasteiger partial charge in [-0.3, -0.25) is 14.5 Å². The molecule has 9 heteroatoms. The molecule has 3 rings (SSSR count). The number of carbonyl (C=O) groups excluding carboxylic acids is 2. The number of carboxylic acids is 1. The highest BCUT2D eigenvalue weighted by Crippen LogP contribution is 2.21. The minimum Gasteiger partial charge on any atom is -0.481 e. The first-order valence-electron chi connectivity index (χ1n) is 8.90. The number of benzene rings is 1. The summed E-state index contributed by atoms with van der Waals surface area (Å²) < 4.78 is 0. The molecular weight excluding hydrogens is 372 g/mol. The lowest BCUT2D eigenvalue weighted by Crippen LogP contribution is -2.50. The van der Waals surface area contributed by atoms with Crippen LogP contribution in [-0.2, 0) is 16.0 Å². The number of hydrogen-bond donors (Lipinski definition) is 2. The van der Waals surface area contributed by atoms with E-state index in [9.17, 15) is 14.4 Å². The van der Waals surface area contributed by atoms with E-state index in [0.29, 0.717) is 45.7 Å². The average molecular weight is 397 g/mol. The molecule has 1 aromatic carbocycles. The number of anilines is 1. The summed E-state index contributed by atoms with van der Waals surface area (Å²) >= 11 is 0. The SMILES string of the molecule is Cl.O=C(O)CCc1ccc(N2CCN(CCN3CCNCC3=O)C2=O)cc1. The lowest BCUT2D eigenvalue weighted by molar-refractivity contribution is -0.137. The third kappa shape index (κ3) is 5.33. The van der Waals surface area contributed by atoms with Gasteiger partial charge in [0.2, 0.25) is 5.91 Å². The standard InChI is InChI=1S/C18H24N4O4.ClH/c23-16-13-19-7-8-20(16)9-10-21-11-12-22(18(21)26)15-4-1-14(2-5-15)3-6-17(24)25;/h1-2,4-5,19H,3,6-13H2,(H,24,25);1H. The van der Waals surface area contributed by atoms with Gasteiger partial charge in [-0.05, 0) is 24.1 Å². The number of hydrogen-bond acceptors (Lipinski definition) is 4. The van der Waals surface area contributed by atoms with Crippen LogP contribution in [0.25, 0.3) is 0 Å². The summed E-state index contributed by atoms with van der Waals surface area (Å²) in [5.74, 6) is -0.737. The molecule has 0 bridgehead atoms. The molecular formula is C18H25ClN4O4. The van der Waals surface area contributed by atoms with Crippen molar-refractivity contribution in [2.75, 3.05) is 50.7 Å². The number of piperazine rings is 1. The van der Waals surface area contributed by atoms with Gasteiger partial charge in [0.1, 0.15) is 0 Å². The zero-order valence-corrected chi connectivity index (χ0v) is 15.9. The molecule has 2 N–H and O–H groups in total. The van der Waals surface area contributed by atoms with Gasteiger partial charge in [0, 0.05) is 51.4 Å². The fourth-order valence-electron chi connectivity index (χ4n) is 3.25. The summed E-state index contributed by atoms with van der Waals surface area (Å²) in [7, 11) is 0. The lowest BCUT2D eigenvalue weighted by Gasteiger charge is -2.29. The molecule has 0 radical (unpaired) electrons. The maximum Gasteiger partial charge on any atom is 0.324 e. The molecule has 2 aliphatic heterocycles. The van der Waals surface area contributed by atoms with Crippen LogP contribution in [-0.4, -0.2) is 78.6 Å². The van der Waals surface area contributed by atoms with E-state index in [1.165, 1.54) is 0 Å². The number of rotatable bonds is 7. The first-order chi connectivity index (χ1) is 12.5. The Kier molecular flexibility index (Phi) is 7.44. The maximum absolute atomic E-state index is 12.6. The monoisotopic (exact) mass is 396 g/mol. The van der Waals surface area contributed by atoms with Crippen LogP contribution in [0.3, 0.4) is 0 Å². The minimum absolute atomic E-state index is 0. The molecule has 2 saturated heterocycles. The van der Waals surface area contributed by atoms with Crippen LogP contribution in [0.4, 0.5) is 10.5 Å². The lowest BCUT2D eigenvalue weighted by atomic mass is 10.1. The Morgan fingerprint density at radius 2 is 1.74 bits per heavy atom. The Labute approximate surface area is 164 Å². The number of aryl methyl sites for hydroxylation is 1. The molecule has 8 nitrogen and oxygen atoms in total. The van der Waals surface area contributed by atoms with E-state index in [-0.39, 0.29) is 30.8 Å². The Balaban J connectivity index is 0.00000261. The van der Waals surface area contributed by atoms with Crippen molar-refractivity contribution in [2.24, 2.45) is 0 Å². The highest BCUT2D eigenvalue weighted by molar-refractivity contribution is 5.94. The van der Waals surface area contributed by atoms with E-state index < -0.39 is 5.97 Å². The molecule has 0 saturated carbocycles. The van der Waals surface area contributed by atoms with E-state index in [1.54, 1.807) is 14.7 Å². The summed E-state index contributed by atoms with van der Waals surface area (Å²) in [6.07, 6.45) is 0.578. The van der Waals surface area contributed by atoms with E-state index in [1.807, 2.05) is 24.3 Å². The number of carbonyl (C=O) groups is 3. The number of nitrogens with zero attached hydrogens (tertiary/aromatic N) is 3. The number of carboxylic acid groups (broad SMARTS) is 1. The second kappa shape index (κ2) is 9.57. The van der Waals surface area contributed by atoms with Gasteiger partial charge in [-0.25, -0.2) is 4.79 Å². The molecule has 0 aromatic heterocycles. The van der Waals surface area contributed by atoms with Crippen molar-refractivity contribution in [3.05, 3.63) is 29.8 Å². The normalized spacial score (nSPS) is 17.3. The van der Waals surface area contributed by atoms with E-state index in [0.717, 1.165) is 17.8 Å². The summed E-state index contributed by atoms with van der Waals surface area (Å²) in [4.78, 5) is 40.4. The molecule has 0 aliphatic carbocycles. The first kappa shape index (κ1) is 21.0. The van der Waals surface area contributed by atoms with Gasteiger partial charge in [0.25, 0.3) is 0 Å². The van der Waals surface area contributed by atoms with Gasteiger partial charge in [0.05, 0.1) is 6.54 Å². The molecule has 0 spiro atoms. The zero-order chi connectivity index (χ0) is 18.5. The fourth-order valence-corrected chi connectivity index (χ4v) is 3.25. The molecule has 2 fully saturated rings. The van der Waals surface area contributed by atoms with Crippen LogP contribution in [0.1, 0.15) is 12.0 Å². The van der Waals surface area contributed by atoms with Gasteiger partial charge in [-0.15, -0.1) is 12.4 Å². The Morgan fingerprint density at radius 1 is 1.04 bits per heavy atom. The Hall–Kier alpha value is -2.32. The van der Waals surface area contributed by atoms with Crippen LogP contribution in [0.15, 0.2) is 24.3 Å². The van der Waals surface area contributed by atoms with Crippen LogP contribution in [0, 0.1) is 0 Å². The molecule has 0 unspecified atom stereocenters. The van der Waals surface area contributed by atoms with Crippen molar-refractivity contribution in [3.8, 4) is 0 Å². The predicted molar refractivity (Wildman–Crippen MR) is 103 cm³/mol. The number of nitrogens with one attached hydrogen (secondary N) is 1. The smallest absolute Gasteiger partial charge is 0.324 e. The van der Waals surface area contributed by atoms with Crippen molar-refractivity contribution in [3.63, 3.8) is 0 Å². The molecule has 1 aromatic rings. The molecule has 3 amide bonds. The van der Waals surface area contributed by atoms with Crippen molar-refractivity contribution >= 4 is 36.0 Å². The maximum atomic E-state index is 12.6. The van der Waals surface area contributed by atoms with Gasteiger partial charge in [-0.2, -0.15) is 0 Å². The van der Waals surface area contributed by atoms with Crippen molar-refractivity contribution in [1.29, 1.82) is 0 Å². The highest BCUT2D eigenvalue weighted by atomic mass is 35.5. The second-order valence-electron chi connectivity index (χ2n) is 6.54. The Bertz CT molecular complexity index is 682. The summed E-state index contributed by atoms with van der Waals surface area (Å²) in [5, 5.41) is 11.8. The quantitative estimate of drug-likeness (QED) is 0.711. The van der Waals surface area contributed by atoms with Crippen molar-refractivity contribution in [1.82, 2.24) is 15.1 Å². The van der Waals surface area contributed by atoms with Gasteiger partial charge >= 0.3 is 12.0 Å². The van der Waals surface area contributed by atoms with Crippen LogP contribution in [0.2, 0.25) is 0 Å². The van der Waals surface area contributed by atoms with Crippen molar-refractivity contribution < 1.29 is 19.5 Å². The van der Waals surface area contributed by atoms with Gasteiger partial charge in [-0.1, -0.05) is 12.1 Å². The molecule has 148 valence electrons. The summed E-state index contributed by atoms with van der Waals surface area (Å²) in [5.41, 5.74) is 1.76. The fraction of sp³-hybridized carbons (Fsp3) is 0.500. The third-order valence-electron chi connectivity index (χ3n) is 4.80. The summed E-state index contributed by atoms with van der Waals surface area (Å²) in [6.45, 7) is 4.20. The third-order valence-corrected chi connectivity index (χ3v) is 4.80. The average Bonchev–Trinajstić information content (AvgIpc) is 3.00. The highest BCUT2D eigenvalue weighted by Gasteiger charge is 2.30. The number of aliphatic carboxylic acids is 1. The molecule has 27 heavy (non-hydrogen) atoms. The van der Waals surface area contributed by atoms with Gasteiger partial charge in [0.15, 0.2) is 0 Å². The zero-order valence-electron chi connectivity index (χ0n) is 15.1. The van der Waals surface area contributed by atoms with E-state index in [4.69, 9.17) is 5.11 Å². The van der Waals surface area contributed by atoms with Crippen LogP contribution in [0.5, 0.6) is 0 Å². The van der Waals surface area contributed by atoms with Crippen molar-refractivity contribution in [2.45, 2.75) is 12.8 Å². The van der Waals surface area contributed by atoms with E-state index in [2.05, 4.69) is 5.32 Å².